The Morgan fingerprint density at radius 3 is 2.75 bits per heavy atom. The summed E-state index contributed by atoms with van der Waals surface area (Å²) in [6, 6.07) is 15.4. The Bertz CT molecular complexity index is 1140. The fraction of sp³-hybridized carbons (Fsp3) is 0.227. The second-order valence-corrected chi connectivity index (χ2v) is 7.31. The van der Waals surface area contributed by atoms with Crippen molar-refractivity contribution in [2.75, 3.05) is 13.1 Å². The monoisotopic (exact) mass is 372 g/mol. The van der Waals surface area contributed by atoms with E-state index in [9.17, 15) is 4.79 Å². The highest BCUT2D eigenvalue weighted by Crippen LogP contribution is 2.30. The van der Waals surface area contributed by atoms with E-state index in [1.165, 1.54) is 0 Å². The van der Waals surface area contributed by atoms with E-state index >= 15 is 0 Å². The molecule has 1 aliphatic heterocycles. The van der Waals surface area contributed by atoms with Gasteiger partial charge in [-0.2, -0.15) is 0 Å². The topological polar surface area (TPSA) is 64.2 Å². The zero-order valence-corrected chi connectivity index (χ0v) is 15.6. The third-order valence-corrected chi connectivity index (χ3v) is 5.38. The molecule has 0 radical (unpaired) electrons. The minimum atomic E-state index is 0.0562. The average molecular weight is 372 g/mol. The largest absolute Gasteiger partial charge is 0.355 e. The van der Waals surface area contributed by atoms with Crippen molar-refractivity contribution in [2.24, 2.45) is 5.92 Å². The Labute approximate surface area is 162 Å². The third-order valence-electron chi connectivity index (χ3n) is 5.38. The molecule has 4 aromatic rings. The predicted octanol–water partition coefficient (Wildman–Crippen LogP) is 3.77. The highest BCUT2D eigenvalue weighted by molar-refractivity contribution is 6.01. The lowest BCUT2D eigenvalue weighted by atomic mass is 9.98. The number of hydrogen-bond acceptors (Lipinski definition) is 4. The maximum absolute atomic E-state index is 12.9. The van der Waals surface area contributed by atoms with Gasteiger partial charge in [-0.05, 0) is 25.1 Å². The number of carbonyl (C=O) groups is 1. The van der Waals surface area contributed by atoms with Gasteiger partial charge in [-0.1, -0.05) is 35.5 Å². The first-order chi connectivity index (χ1) is 13.7. The van der Waals surface area contributed by atoms with Gasteiger partial charge in [-0.15, -0.1) is 0 Å². The van der Waals surface area contributed by atoms with Gasteiger partial charge >= 0.3 is 0 Å². The number of imidazole rings is 1. The Kier molecular flexibility index (Phi) is 3.97. The van der Waals surface area contributed by atoms with E-state index in [-0.39, 0.29) is 5.91 Å². The number of rotatable bonds is 4. The molecular weight excluding hydrogens is 352 g/mol. The SMILES string of the molecule is Cc1nccn1CC1CN(C(=O)c2ccc3noc(-c4ccccc4)c3c2)C1. The number of aryl methyl sites for hydroxylation is 1. The summed E-state index contributed by atoms with van der Waals surface area (Å²) in [5, 5.41) is 4.99. The van der Waals surface area contributed by atoms with E-state index in [0.717, 1.165) is 41.9 Å². The summed E-state index contributed by atoms with van der Waals surface area (Å²) in [4.78, 5) is 19.1. The third kappa shape index (κ3) is 2.87. The van der Waals surface area contributed by atoms with Crippen LogP contribution in [0.3, 0.4) is 0 Å². The first-order valence-corrected chi connectivity index (χ1v) is 9.41. The van der Waals surface area contributed by atoms with Crippen molar-refractivity contribution in [3.8, 4) is 11.3 Å². The Hall–Kier alpha value is -3.41. The summed E-state index contributed by atoms with van der Waals surface area (Å²) in [5.74, 6) is 2.23. The first kappa shape index (κ1) is 16.7. The van der Waals surface area contributed by atoms with Crippen molar-refractivity contribution in [1.29, 1.82) is 0 Å². The van der Waals surface area contributed by atoms with Crippen molar-refractivity contribution < 1.29 is 9.32 Å². The Balaban J connectivity index is 1.34. The van der Waals surface area contributed by atoms with Crippen molar-refractivity contribution in [2.45, 2.75) is 13.5 Å². The van der Waals surface area contributed by atoms with Crippen LogP contribution in [0, 0.1) is 12.8 Å². The minimum Gasteiger partial charge on any atom is -0.355 e. The van der Waals surface area contributed by atoms with E-state index in [1.54, 1.807) is 0 Å². The summed E-state index contributed by atoms with van der Waals surface area (Å²) in [6.45, 7) is 4.44. The molecule has 0 aliphatic carbocycles. The molecule has 2 aromatic carbocycles. The van der Waals surface area contributed by atoms with E-state index in [0.29, 0.717) is 17.2 Å². The molecule has 2 aromatic heterocycles. The number of benzene rings is 2. The molecule has 0 N–H and O–H groups in total. The fourth-order valence-corrected chi connectivity index (χ4v) is 3.78. The van der Waals surface area contributed by atoms with Crippen LogP contribution in [0.1, 0.15) is 16.2 Å². The summed E-state index contributed by atoms with van der Waals surface area (Å²) >= 11 is 0. The van der Waals surface area contributed by atoms with E-state index in [2.05, 4.69) is 14.7 Å². The number of hydrogen-bond donors (Lipinski definition) is 0. The molecule has 1 amide bonds. The molecule has 6 heteroatoms. The van der Waals surface area contributed by atoms with Crippen LogP contribution in [-0.2, 0) is 6.54 Å². The lowest BCUT2D eigenvalue weighted by Gasteiger charge is -2.39. The average Bonchev–Trinajstić information content (AvgIpc) is 3.30. The predicted molar refractivity (Wildman–Crippen MR) is 106 cm³/mol. The van der Waals surface area contributed by atoms with Gasteiger partial charge in [0.15, 0.2) is 5.76 Å². The highest BCUT2D eigenvalue weighted by atomic mass is 16.5. The van der Waals surface area contributed by atoms with Gasteiger partial charge in [0.25, 0.3) is 5.91 Å². The fourth-order valence-electron chi connectivity index (χ4n) is 3.78. The lowest BCUT2D eigenvalue weighted by molar-refractivity contribution is 0.0468. The van der Waals surface area contributed by atoms with Crippen LogP contribution in [0.4, 0.5) is 0 Å². The zero-order valence-electron chi connectivity index (χ0n) is 15.6. The Morgan fingerprint density at radius 1 is 1.18 bits per heavy atom. The number of amides is 1. The molecule has 6 nitrogen and oxygen atoms in total. The van der Waals surface area contributed by atoms with E-state index in [1.807, 2.05) is 72.7 Å². The zero-order chi connectivity index (χ0) is 19.1. The minimum absolute atomic E-state index is 0.0562. The number of nitrogens with zero attached hydrogens (tertiary/aromatic N) is 4. The van der Waals surface area contributed by atoms with E-state index < -0.39 is 0 Å². The summed E-state index contributed by atoms with van der Waals surface area (Å²) in [6.07, 6.45) is 3.81. The van der Waals surface area contributed by atoms with E-state index in [4.69, 9.17) is 4.52 Å². The van der Waals surface area contributed by atoms with Gasteiger partial charge in [0.05, 0.1) is 5.39 Å². The molecule has 1 fully saturated rings. The number of likely N-dealkylation sites (tertiary alicyclic amines) is 1. The second-order valence-electron chi connectivity index (χ2n) is 7.31. The number of fused-ring (bicyclic) bond motifs is 1. The molecule has 3 heterocycles. The van der Waals surface area contributed by atoms with Gasteiger partial charge in [0.1, 0.15) is 11.3 Å². The van der Waals surface area contributed by atoms with Crippen LogP contribution in [0.5, 0.6) is 0 Å². The molecule has 0 unspecified atom stereocenters. The maximum atomic E-state index is 12.9. The van der Waals surface area contributed by atoms with Crippen LogP contribution < -0.4 is 0 Å². The Morgan fingerprint density at radius 2 is 2.00 bits per heavy atom. The van der Waals surface area contributed by atoms with Gasteiger partial charge in [-0.3, -0.25) is 4.79 Å². The molecule has 0 bridgehead atoms. The van der Waals surface area contributed by atoms with Gasteiger partial charge in [-0.25, -0.2) is 4.98 Å². The van der Waals surface area contributed by atoms with Gasteiger partial charge in [0, 0.05) is 49.1 Å². The standard InChI is InChI=1S/C22H20N4O2/c1-15-23-9-10-25(15)12-16-13-26(14-16)22(27)18-7-8-20-19(11-18)21(28-24-20)17-5-3-2-4-6-17/h2-11,16H,12-14H2,1H3. The van der Waals surface area contributed by atoms with Crippen LogP contribution >= 0.6 is 0 Å². The van der Waals surface area contributed by atoms with Crippen LogP contribution in [0.15, 0.2) is 65.4 Å². The number of aromatic nitrogens is 3. The van der Waals surface area contributed by atoms with Crippen molar-refractivity contribution >= 4 is 16.8 Å². The number of carbonyl (C=O) groups excluding carboxylic acids is 1. The molecule has 1 saturated heterocycles. The van der Waals surface area contributed by atoms with Crippen LogP contribution in [-0.4, -0.2) is 38.6 Å². The lowest BCUT2D eigenvalue weighted by Crippen LogP contribution is -2.51. The molecular formula is C22H20N4O2. The summed E-state index contributed by atoms with van der Waals surface area (Å²) < 4.78 is 7.68. The van der Waals surface area contributed by atoms with Crippen LogP contribution in [0.25, 0.3) is 22.2 Å². The van der Waals surface area contributed by atoms with Gasteiger partial charge in [0.2, 0.25) is 0 Å². The normalized spacial score (nSPS) is 14.4. The van der Waals surface area contributed by atoms with Crippen LogP contribution in [0.2, 0.25) is 0 Å². The molecule has 0 spiro atoms. The second kappa shape index (κ2) is 6.64. The quantitative estimate of drug-likeness (QED) is 0.547. The smallest absolute Gasteiger partial charge is 0.253 e. The molecule has 140 valence electrons. The summed E-state index contributed by atoms with van der Waals surface area (Å²) in [5.41, 5.74) is 2.38. The first-order valence-electron chi connectivity index (χ1n) is 9.41. The highest BCUT2D eigenvalue weighted by Gasteiger charge is 2.31. The van der Waals surface area contributed by atoms with Crippen molar-refractivity contribution in [3.05, 3.63) is 72.3 Å². The van der Waals surface area contributed by atoms with Crippen molar-refractivity contribution in [3.63, 3.8) is 0 Å². The van der Waals surface area contributed by atoms with Gasteiger partial charge < -0.3 is 14.0 Å². The molecule has 0 saturated carbocycles. The molecule has 28 heavy (non-hydrogen) atoms. The van der Waals surface area contributed by atoms with Crippen molar-refractivity contribution in [1.82, 2.24) is 19.6 Å². The maximum Gasteiger partial charge on any atom is 0.253 e. The molecule has 1 aliphatic rings. The molecule has 5 rings (SSSR count). The molecule has 0 atom stereocenters. The summed E-state index contributed by atoms with van der Waals surface area (Å²) in [7, 11) is 0.